The fraction of sp³-hybridized carbons (Fsp3) is 0.290. The highest BCUT2D eigenvalue weighted by Crippen LogP contribution is 2.32. The van der Waals surface area contributed by atoms with Crippen LogP contribution in [0.4, 0.5) is 0 Å². The van der Waals surface area contributed by atoms with Crippen LogP contribution in [0.3, 0.4) is 0 Å². The number of hydrogen-bond acceptors (Lipinski definition) is 6. The number of aryl methyl sites for hydroxylation is 1. The van der Waals surface area contributed by atoms with Crippen LogP contribution in [0.1, 0.15) is 54.9 Å². The van der Waals surface area contributed by atoms with E-state index < -0.39 is 11.6 Å². The van der Waals surface area contributed by atoms with Crippen LogP contribution in [-0.4, -0.2) is 37.2 Å². The fourth-order valence-electron chi connectivity index (χ4n) is 4.97. The van der Waals surface area contributed by atoms with E-state index in [-0.39, 0.29) is 5.56 Å². The van der Waals surface area contributed by atoms with Crippen molar-refractivity contribution in [2.24, 2.45) is 0 Å². The van der Waals surface area contributed by atoms with Crippen molar-refractivity contribution in [1.29, 1.82) is 0 Å². The zero-order valence-corrected chi connectivity index (χ0v) is 23.0. The van der Waals surface area contributed by atoms with Crippen molar-refractivity contribution >= 4 is 10.9 Å². The highest BCUT2D eigenvalue weighted by atomic mass is 16.5. The maximum Gasteiger partial charge on any atom is 0.253 e. The van der Waals surface area contributed by atoms with Gasteiger partial charge >= 0.3 is 0 Å². The Morgan fingerprint density at radius 2 is 1.64 bits per heavy atom. The number of tetrazole rings is 1. The first kappa shape index (κ1) is 26.3. The van der Waals surface area contributed by atoms with Gasteiger partial charge < -0.3 is 9.72 Å². The predicted molar refractivity (Wildman–Crippen MR) is 153 cm³/mol. The summed E-state index contributed by atoms with van der Waals surface area (Å²) in [7, 11) is 1.66. The van der Waals surface area contributed by atoms with Crippen LogP contribution >= 0.6 is 0 Å². The summed E-state index contributed by atoms with van der Waals surface area (Å²) in [6.07, 6.45) is 0. The van der Waals surface area contributed by atoms with E-state index in [4.69, 9.17) is 4.74 Å². The minimum absolute atomic E-state index is 0.155. The van der Waals surface area contributed by atoms with Crippen molar-refractivity contribution in [1.82, 2.24) is 30.1 Å². The lowest BCUT2D eigenvalue weighted by Gasteiger charge is -2.33. The first-order valence-corrected chi connectivity index (χ1v) is 13.1. The van der Waals surface area contributed by atoms with Gasteiger partial charge in [-0.15, -0.1) is 5.10 Å². The van der Waals surface area contributed by atoms with Gasteiger partial charge in [-0.1, -0.05) is 60.7 Å². The van der Waals surface area contributed by atoms with Crippen LogP contribution in [0, 0.1) is 6.92 Å². The fourth-order valence-corrected chi connectivity index (χ4v) is 4.97. The highest BCUT2D eigenvalue weighted by molar-refractivity contribution is 5.82. The lowest BCUT2D eigenvalue weighted by molar-refractivity contribution is 0.184. The number of nitrogens with zero attached hydrogens (tertiary/aromatic N) is 5. The number of hydrogen-bond donors (Lipinski definition) is 1. The summed E-state index contributed by atoms with van der Waals surface area (Å²) in [5, 5.41) is 13.9. The van der Waals surface area contributed by atoms with Gasteiger partial charge in [0.15, 0.2) is 5.82 Å². The minimum Gasteiger partial charge on any atom is -0.497 e. The Kier molecular flexibility index (Phi) is 7.30. The number of benzene rings is 3. The number of rotatable bonds is 8. The summed E-state index contributed by atoms with van der Waals surface area (Å²) < 4.78 is 7.20. The van der Waals surface area contributed by atoms with Crippen molar-refractivity contribution in [2.45, 2.75) is 52.4 Å². The Morgan fingerprint density at radius 3 is 2.31 bits per heavy atom. The molecule has 0 bridgehead atoms. The number of aromatic amines is 1. The molecule has 1 atom stereocenters. The summed E-state index contributed by atoms with van der Waals surface area (Å²) in [5.41, 5.74) is 4.11. The van der Waals surface area contributed by atoms with Crippen molar-refractivity contribution in [3.63, 3.8) is 0 Å². The molecule has 1 N–H and O–H groups in total. The number of H-pyrrole nitrogens is 1. The quantitative estimate of drug-likeness (QED) is 0.294. The molecule has 0 spiro atoms. The van der Waals surface area contributed by atoms with E-state index in [0.717, 1.165) is 33.3 Å². The molecule has 2 heterocycles. The zero-order valence-electron chi connectivity index (χ0n) is 23.0. The van der Waals surface area contributed by atoms with E-state index in [1.165, 1.54) is 0 Å². The highest BCUT2D eigenvalue weighted by Gasteiger charge is 2.33. The third-order valence-electron chi connectivity index (χ3n) is 6.92. The van der Waals surface area contributed by atoms with Gasteiger partial charge in [-0.25, -0.2) is 4.68 Å². The zero-order chi connectivity index (χ0) is 27.6. The van der Waals surface area contributed by atoms with Crippen molar-refractivity contribution < 1.29 is 4.74 Å². The summed E-state index contributed by atoms with van der Waals surface area (Å²) in [4.78, 5) is 19.2. The molecule has 0 saturated heterocycles. The van der Waals surface area contributed by atoms with Crippen LogP contribution < -0.4 is 10.3 Å². The molecule has 3 aromatic carbocycles. The number of methoxy groups -OCH3 is 1. The molecule has 0 aliphatic heterocycles. The van der Waals surface area contributed by atoms with Gasteiger partial charge in [0.2, 0.25) is 0 Å². The van der Waals surface area contributed by atoms with E-state index in [9.17, 15) is 4.79 Å². The molecule has 39 heavy (non-hydrogen) atoms. The molecule has 0 saturated carbocycles. The van der Waals surface area contributed by atoms with Crippen LogP contribution in [0.5, 0.6) is 5.75 Å². The monoisotopic (exact) mass is 522 g/mol. The lowest BCUT2D eigenvalue weighted by Crippen LogP contribution is -2.37. The Bertz CT molecular complexity index is 1620. The summed E-state index contributed by atoms with van der Waals surface area (Å²) in [6.45, 7) is 9.32. The molecule has 8 nitrogen and oxygen atoms in total. The molecule has 0 amide bonds. The number of ether oxygens (including phenoxy) is 1. The van der Waals surface area contributed by atoms with E-state index in [1.807, 2.05) is 66.2 Å². The van der Waals surface area contributed by atoms with E-state index >= 15 is 0 Å². The first-order chi connectivity index (χ1) is 18.7. The predicted octanol–water partition coefficient (Wildman–Crippen LogP) is 5.38. The van der Waals surface area contributed by atoms with Crippen LogP contribution in [0.15, 0.2) is 83.7 Å². The number of aromatic nitrogens is 5. The Hall–Kier alpha value is -4.30. The molecule has 8 heteroatoms. The molecule has 2 aromatic heterocycles. The number of fused-ring (bicyclic) bond motifs is 1. The normalized spacial score (nSPS) is 12.7. The van der Waals surface area contributed by atoms with Crippen LogP contribution in [0.25, 0.3) is 10.9 Å². The van der Waals surface area contributed by atoms with E-state index in [1.54, 1.807) is 7.11 Å². The molecule has 5 rings (SSSR count). The second-order valence-corrected chi connectivity index (χ2v) is 10.9. The van der Waals surface area contributed by atoms with E-state index in [2.05, 4.69) is 70.4 Å². The van der Waals surface area contributed by atoms with E-state index in [0.29, 0.717) is 24.5 Å². The Balaban J connectivity index is 1.72. The van der Waals surface area contributed by atoms with Crippen molar-refractivity contribution in [3.8, 4) is 5.75 Å². The lowest BCUT2D eigenvalue weighted by atomic mass is 9.99. The minimum atomic E-state index is -0.518. The molecule has 5 aromatic rings. The molecule has 200 valence electrons. The number of pyridine rings is 1. The maximum absolute atomic E-state index is 13.8. The second kappa shape index (κ2) is 10.8. The third kappa shape index (κ3) is 5.61. The third-order valence-corrected chi connectivity index (χ3v) is 6.92. The smallest absolute Gasteiger partial charge is 0.253 e. The van der Waals surface area contributed by atoms with Gasteiger partial charge in [-0.3, -0.25) is 9.69 Å². The average molecular weight is 523 g/mol. The van der Waals surface area contributed by atoms with Gasteiger partial charge in [0.1, 0.15) is 11.8 Å². The molecule has 0 aliphatic rings. The van der Waals surface area contributed by atoms with Gasteiger partial charge in [-0.2, -0.15) is 0 Å². The molecule has 0 aliphatic carbocycles. The van der Waals surface area contributed by atoms with Crippen molar-refractivity contribution in [2.75, 3.05) is 7.11 Å². The SMILES string of the molecule is COc1ccc(CN(Cc2ccccc2)C(c2cc3cccc(C)c3[nH]c2=O)c2nnnn2C(C)(C)C)cc1. The molecule has 1 unspecified atom stereocenters. The molecular weight excluding hydrogens is 488 g/mol. The first-order valence-electron chi connectivity index (χ1n) is 13.1. The molecular formula is C31H34N6O2. The summed E-state index contributed by atoms with van der Waals surface area (Å²) >= 11 is 0. The van der Waals surface area contributed by atoms with Crippen molar-refractivity contribution in [3.05, 3.63) is 117 Å². The van der Waals surface area contributed by atoms with Gasteiger partial charge in [0, 0.05) is 18.7 Å². The number of nitrogens with one attached hydrogen (secondary N) is 1. The maximum atomic E-state index is 13.8. The summed E-state index contributed by atoms with van der Waals surface area (Å²) in [6, 6.07) is 25.8. The van der Waals surface area contributed by atoms with Gasteiger partial charge in [0.25, 0.3) is 5.56 Å². The molecule has 0 fully saturated rings. The van der Waals surface area contributed by atoms with Crippen LogP contribution in [-0.2, 0) is 18.6 Å². The second-order valence-electron chi connectivity index (χ2n) is 10.9. The Labute approximate surface area is 228 Å². The largest absolute Gasteiger partial charge is 0.497 e. The van der Waals surface area contributed by atoms with Gasteiger partial charge in [0.05, 0.1) is 18.2 Å². The van der Waals surface area contributed by atoms with Crippen LogP contribution in [0.2, 0.25) is 0 Å². The molecule has 0 radical (unpaired) electrons. The Morgan fingerprint density at radius 1 is 0.949 bits per heavy atom. The topological polar surface area (TPSA) is 88.9 Å². The standard InChI is InChI=1S/C31H34N6O2/c1-21-10-9-13-24-18-26(30(38)32-27(21)24)28(29-33-34-35-37(29)31(2,3)4)36(19-22-11-7-6-8-12-22)20-23-14-16-25(39-5)17-15-23/h6-18,28H,19-20H2,1-5H3,(H,32,38). The number of para-hydroxylation sites is 1. The summed E-state index contributed by atoms with van der Waals surface area (Å²) in [5.74, 6) is 1.41. The van der Waals surface area contributed by atoms with Gasteiger partial charge in [-0.05, 0) is 78.4 Å². The average Bonchev–Trinajstić information content (AvgIpc) is 3.41.